The van der Waals surface area contributed by atoms with Crippen LogP contribution in [-0.4, -0.2) is 22.2 Å². The number of carbonyl (C=O) groups excluding carboxylic acids is 1. The number of amides is 1. The van der Waals surface area contributed by atoms with Crippen molar-refractivity contribution in [3.8, 4) is 5.75 Å². The molecule has 0 saturated carbocycles. The molecule has 1 amide bonds. The van der Waals surface area contributed by atoms with E-state index in [1.54, 1.807) is 18.5 Å². The molecule has 1 aromatic carbocycles. The number of rotatable bonds is 4. The Morgan fingerprint density at radius 3 is 2.11 bits per heavy atom. The molecule has 0 spiro atoms. The number of nitrogens with zero attached hydrogens (tertiary/aromatic N) is 2. The summed E-state index contributed by atoms with van der Waals surface area (Å²) < 4.78 is 0. The Kier molecular flexibility index (Phi) is 6.27. The van der Waals surface area contributed by atoms with Gasteiger partial charge in [-0.1, -0.05) is 54.5 Å². The fraction of sp³-hybridized carbons (Fsp3) is 0.435. The summed E-state index contributed by atoms with van der Waals surface area (Å²) in [5, 5.41) is 14.9. The smallest absolute Gasteiger partial charge is 0.289 e. The first kappa shape index (κ1) is 21.6. The van der Waals surface area contributed by atoms with Gasteiger partial charge in [0, 0.05) is 17.3 Å². The third-order valence-corrected chi connectivity index (χ3v) is 4.59. The molecule has 0 saturated heterocycles. The van der Waals surface area contributed by atoms with Crippen LogP contribution in [0.3, 0.4) is 0 Å². The molecule has 1 aromatic heterocycles. The summed E-state index contributed by atoms with van der Waals surface area (Å²) in [6.07, 6.45) is 4.17. The zero-order chi connectivity index (χ0) is 21.1. The summed E-state index contributed by atoms with van der Waals surface area (Å²) in [5.41, 5.74) is 6.01. The maximum Gasteiger partial charge on any atom is 0.289 e. The zero-order valence-corrected chi connectivity index (χ0v) is 17.9. The Balaban J connectivity index is 2.28. The fourth-order valence-corrected chi connectivity index (χ4v) is 2.87. The van der Waals surface area contributed by atoms with E-state index in [1.165, 1.54) is 0 Å². The molecule has 0 radical (unpaired) electrons. The van der Waals surface area contributed by atoms with Gasteiger partial charge in [-0.2, -0.15) is 5.10 Å². The van der Waals surface area contributed by atoms with Crippen molar-refractivity contribution in [2.45, 2.75) is 65.7 Å². The first-order chi connectivity index (χ1) is 12.9. The SMILES string of the molecule is CCc1ccc(C(=O)N/N=C\c2cc(C(C)(C)C)c(O)c(C(C)(C)C)c2)nc1. The van der Waals surface area contributed by atoms with Crippen molar-refractivity contribution in [3.05, 3.63) is 58.4 Å². The second-order valence-electron chi connectivity index (χ2n) is 9.07. The van der Waals surface area contributed by atoms with E-state index in [0.717, 1.165) is 28.7 Å². The normalized spacial score (nSPS) is 12.4. The van der Waals surface area contributed by atoms with Crippen LogP contribution in [0, 0.1) is 0 Å². The molecule has 2 N–H and O–H groups in total. The summed E-state index contributed by atoms with van der Waals surface area (Å²) in [4.78, 5) is 16.4. The van der Waals surface area contributed by atoms with Gasteiger partial charge >= 0.3 is 0 Å². The number of hydrazone groups is 1. The van der Waals surface area contributed by atoms with Gasteiger partial charge in [-0.05, 0) is 46.6 Å². The molecule has 0 unspecified atom stereocenters. The Morgan fingerprint density at radius 1 is 1.11 bits per heavy atom. The van der Waals surface area contributed by atoms with Crippen LogP contribution in [0.25, 0.3) is 0 Å². The van der Waals surface area contributed by atoms with Crippen LogP contribution >= 0.6 is 0 Å². The van der Waals surface area contributed by atoms with E-state index in [-0.39, 0.29) is 16.7 Å². The van der Waals surface area contributed by atoms with E-state index >= 15 is 0 Å². The van der Waals surface area contributed by atoms with E-state index in [0.29, 0.717) is 11.4 Å². The lowest BCUT2D eigenvalue weighted by Crippen LogP contribution is -2.20. The van der Waals surface area contributed by atoms with E-state index < -0.39 is 0 Å². The average Bonchev–Trinajstić information content (AvgIpc) is 2.60. The minimum atomic E-state index is -0.357. The molecule has 2 rings (SSSR count). The Labute approximate surface area is 167 Å². The highest BCUT2D eigenvalue weighted by atomic mass is 16.3. The zero-order valence-electron chi connectivity index (χ0n) is 17.9. The summed E-state index contributed by atoms with van der Waals surface area (Å²) in [7, 11) is 0. The molecule has 0 bridgehead atoms. The Hall–Kier alpha value is -2.69. The van der Waals surface area contributed by atoms with Crippen LogP contribution in [0.2, 0.25) is 0 Å². The van der Waals surface area contributed by atoms with E-state index in [1.807, 2.05) is 25.1 Å². The number of nitrogens with one attached hydrogen (secondary N) is 1. The molecule has 0 aliphatic carbocycles. The second-order valence-corrected chi connectivity index (χ2v) is 9.07. The van der Waals surface area contributed by atoms with Crippen molar-refractivity contribution in [2.24, 2.45) is 5.10 Å². The minimum Gasteiger partial charge on any atom is -0.507 e. The molecular formula is C23H31N3O2. The van der Waals surface area contributed by atoms with Crippen LogP contribution in [0.5, 0.6) is 5.75 Å². The molecule has 0 aliphatic rings. The predicted molar refractivity (Wildman–Crippen MR) is 114 cm³/mol. The Morgan fingerprint density at radius 2 is 1.68 bits per heavy atom. The van der Waals surface area contributed by atoms with Gasteiger partial charge in [0.2, 0.25) is 0 Å². The van der Waals surface area contributed by atoms with Crippen molar-refractivity contribution in [2.75, 3.05) is 0 Å². The molecule has 0 fully saturated rings. The van der Waals surface area contributed by atoms with Gasteiger partial charge in [-0.15, -0.1) is 0 Å². The number of carbonyl (C=O) groups is 1. The van der Waals surface area contributed by atoms with Crippen molar-refractivity contribution >= 4 is 12.1 Å². The second kappa shape index (κ2) is 8.13. The van der Waals surface area contributed by atoms with Crippen LogP contribution in [0.15, 0.2) is 35.6 Å². The van der Waals surface area contributed by atoms with E-state index in [9.17, 15) is 9.90 Å². The monoisotopic (exact) mass is 381 g/mol. The lowest BCUT2D eigenvalue weighted by atomic mass is 9.78. The number of benzene rings is 1. The predicted octanol–water partition coefficient (Wildman–Crippen LogP) is 4.71. The highest BCUT2D eigenvalue weighted by molar-refractivity contribution is 5.93. The number of aromatic hydroxyl groups is 1. The van der Waals surface area contributed by atoms with Crippen molar-refractivity contribution in [3.63, 3.8) is 0 Å². The summed E-state index contributed by atoms with van der Waals surface area (Å²) in [5.74, 6) is -0.0360. The molecule has 5 nitrogen and oxygen atoms in total. The third-order valence-electron chi connectivity index (χ3n) is 4.59. The van der Waals surface area contributed by atoms with Gasteiger partial charge in [0.05, 0.1) is 6.21 Å². The number of aromatic nitrogens is 1. The van der Waals surface area contributed by atoms with Crippen LogP contribution < -0.4 is 5.43 Å². The largest absolute Gasteiger partial charge is 0.507 e. The minimum absolute atomic E-state index is 0.220. The molecule has 150 valence electrons. The van der Waals surface area contributed by atoms with Gasteiger partial charge in [-0.25, -0.2) is 5.43 Å². The van der Waals surface area contributed by atoms with Crippen LogP contribution in [-0.2, 0) is 17.3 Å². The van der Waals surface area contributed by atoms with E-state index in [4.69, 9.17) is 0 Å². The molecule has 0 aliphatic heterocycles. The molecule has 5 heteroatoms. The van der Waals surface area contributed by atoms with Gasteiger partial charge < -0.3 is 5.11 Å². The van der Waals surface area contributed by atoms with Crippen LogP contribution in [0.4, 0.5) is 0 Å². The lowest BCUT2D eigenvalue weighted by Gasteiger charge is -2.27. The third kappa shape index (κ3) is 5.18. The molecule has 28 heavy (non-hydrogen) atoms. The Bertz CT molecular complexity index is 835. The number of hydrogen-bond acceptors (Lipinski definition) is 4. The van der Waals surface area contributed by atoms with Gasteiger partial charge in [-0.3, -0.25) is 9.78 Å². The van der Waals surface area contributed by atoms with Gasteiger partial charge in [0.15, 0.2) is 0 Å². The quantitative estimate of drug-likeness (QED) is 0.595. The number of pyridine rings is 1. The summed E-state index contributed by atoms with van der Waals surface area (Å²) >= 11 is 0. The van der Waals surface area contributed by atoms with Gasteiger partial charge in [0.1, 0.15) is 11.4 Å². The number of aryl methyl sites for hydroxylation is 1. The number of hydrogen-bond donors (Lipinski definition) is 2. The summed E-state index contributed by atoms with van der Waals surface area (Å²) in [6.45, 7) is 14.4. The molecular weight excluding hydrogens is 350 g/mol. The van der Waals surface area contributed by atoms with Gasteiger partial charge in [0.25, 0.3) is 5.91 Å². The molecule has 0 atom stereocenters. The maximum absolute atomic E-state index is 12.2. The topological polar surface area (TPSA) is 74.6 Å². The average molecular weight is 382 g/mol. The highest BCUT2D eigenvalue weighted by Crippen LogP contribution is 2.39. The fourth-order valence-electron chi connectivity index (χ4n) is 2.87. The van der Waals surface area contributed by atoms with E-state index in [2.05, 4.69) is 57.1 Å². The molecule has 2 aromatic rings. The van der Waals surface area contributed by atoms with Crippen molar-refractivity contribution in [1.82, 2.24) is 10.4 Å². The summed E-state index contributed by atoms with van der Waals surface area (Å²) in [6, 6.07) is 7.40. The van der Waals surface area contributed by atoms with Crippen molar-refractivity contribution in [1.29, 1.82) is 0 Å². The van der Waals surface area contributed by atoms with Crippen molar-refractivity contribution < 1.29 is 9.90 Å². The maximum atomic E-state index is 12.2. The first-order valence-corrected chi connectivity index (χ1v) is 9.59. The lowest BCUT2D eigenvalue weighted by molar-refractivity contribution is 0.0950. The number of phenolic OH excluding ortho intramolecular Hbond substituents is 1. The molecule has 1 heterocycles. The number of phenols is 1. The standard InChI is InChI=1S/C23H31N3O2/c1-8-15-9-10-19(24-13-15)21(28)26-25-14-16-11-17(22(2,3)4)20(27)18(12-16)23(5,6)7/h9-14,27H,8H2,1-7H3,(H,26,28)/b25-14-. The highest BCUT2D eigenvalue weighted by Gasteiger charge is 2.26. The van der Waals surface area contributed by atoms with Crippen LogP contribution in [0.1, 0.15) is 81.2 Å². The first-order valence-electron chi connectivity index (χ1n) is 9.59.